The Morgan fingerprint density at radius 3 is 2.68 bits per heavy atom. The molecular weight excluding hydrogens is 330 g/mol. The van der Waals surface area contributed by atoms with Crippen LogP contribution in [0.1, 0.15) is 19.8 Å². The van der Waals surface area contributed by atoms with Gasteiger partial charge >= 0.3 is 5.97 Å². The van der Waals surface area contributed by atoms with Crippen molar-refractivity contribution in [3.05, 3.63) is 46.6 Å². The lowest BCUT2D eigenvalue weighted by molar-refractivity contribution is -0.385. The topological polar surface area (TPSA) is 113 Å². The summed E-state index contributed by atoms with van der Waals surface area (Å²) in [6.07, 6.45) is 2.11. The first kappa shape index (κ1) is 18.0. The number of carbonyl (C=O) groups is 1. The van der Waals surface area contributed by atoms with Gasteiger partial charge in [0.25, 0.3) is 5.69 Å². The number of nitro groups is 1. The minimum absolute atomic E-state index is 0.132. The van der Waals surface area contributed by atoms with Crippen LogP contribution in [0.2, 0.25) is 0 Å². The highest BCUT2D eigenvalue weighted by Gasteiger charge is 2.11. The van der Waals surface area contributed by atoms with Crippen LogP contribution in [-0.4, -0.2) is 23.0 Å². The summed E-state index contributed by atoms with van der Waals surface area (Å²) >= 11 is 0. The maximum absolute atomic E-state index is 11.4. The largest absolute Gasteiger partial charge is 0.493 e. The van der Waals surface area contributed by atoms with E-state index in [1.807, 2.05) is 6.92 Å². The van der Waals surface area contributed by atoms with Gasteiger partial charge in [-0.1, -0.05) is 6.92 Å². The summed E-state index contributed by atoms with van der Waals surface area (Å²) in [6.45, 7) is 1.88. The Morgan fingerprint density at radius 2 is 2.08 bits per heavy atom. The molecule has 1 aromatic heterocycles. The van der Waals surface area contributed by atoms with Gasteiger partial charge < -0.3 is 14.3 Å². The molecule has 0 spiro atoms. The summed E-state index contributed by atoms with van der Waals surface area (Å²) in [5, 5.41) is 10.6. The third kappa shape index (κ3) is 5.06. The van der Waals surface area contributed by atoms with Crippen LogP contribution in [0.5, 0.6) is 17.4 Å². The second-order valence-electron chi connectivity index (χ2n) is 4.91. The number of aromatic nitrogens is 1. The first-order valence-electron chi connectivity index (χ1n) is 7.45. The smallest absolute Gasteiger partial charge is 0.332 e. The summed E-state index contributed by atoms with van der Waals surface area (Å²) in [4.78, 5) is 30.2. The van der Waals surface area contributed by atoms with Crippen LogP contribution in [0, 0.1) is 10.1 Å². The van der Waals surface area contributed by atoms with Gasteiger partial charge in [0.15, 0.2) is 11.5 Å². The average molecular weight is 347 g/mol. The number of pyridine rings is 1. The standard InChI is InChI=1S/C16H17N3O6/c1-3-4-16(20)25-18-11-5-7-13(14(9-11)23-2)24-15-8-6-12(10-17-15)19(21)22/h5-10,18H,3-4H2,1-2H3. The first-order valence-corrected chi connectivity index (χ1v) is 7.45. The van der Waals surface area contributed by atoms with Crippen molar-refractivity contribution in [3.8, 4) is 17.4 Å². The maximum atomic E-state index is 11.4. The lowest BCUT2D eigenvalue weighted by Crippen LogP contribution is -2.09. The van der Waals surface area contributed by atoms with Gasteiger partial charge in [-0.2, -0.15) is 0 Å². The van der Waals surface area contributed by atoms with E-state index in [-0.39, 0.29) is 17.5 Å². The third-order valence-electron chi connectivity index (χ3n) is 3.05. The molecule has 0 bridgehead atoms. The quantitative estimate of drug-likeness (QED) is 0.570. The molecule has 9 heteroatoms. The van der Waals surface area contributed by atoms with E-state index in [1.165, 1.54) is 19.2 Å². The molecule has 1 aromatic carbocycles. The van der Waals surface area contributed by atoms with Crippen LogP contribution < -0.4 is 15.0 Å². The zero-order chi connectivity index (χ0) is 18.2. The maximum Gasteiger partial charge on any atom is 0.332 e. The van der Waals surface area contributed by atoms with Crippen LogP contribution in [-0.2, 0) is 9.63 Å². The number of nitrogens with one attached hydrogen (secondary N) is 1. The molecule has 0 aliphatic heterocycles. The van der Waals surface area contributed by atoms with Crippen molar-refractivity contribution in [1.29, 1.82) is 0 Å². The number of hydrogen-bond acceptors (Lipinski definition) is 8. The monoisotopic (exact) mass is 347 g/mol. The third-order valence-corrected chi connectivity index (χ3v) is 3.05. The van der Waals surface area contributed by atoms with Gasteiger partial charge in [0.05, 0.1) is 17.7 Å². The molecule has 0 radical (unpaired) electrons. The second kappa shape index (κ2) is 8.48. The first-order chi connectivity index (χ1) is 12.0. The number of benzene rings is 1. The van der Waals surface area contributed by atoms with Crippen molar-refractivity contribution >= 4 is 17.3 Å². The Bertz CT molecular complexity index is 748. The molecule has 0 unspecified atom stereocenters. The van der Waals surface area contributed by atoms with Crippen molar-refractivity contribution in [3.63, 3.8) is 0 Å². The van der Waals surface area contributed by atoms with E-state index in [9.17, 15) is 14.9 Å². The Kier molecular flexibility index (Phi) is 6.10. The van der Waals surface area contributed by atoms with Crippen LogP contribution in [0.4, 0.5) is 11.4 Å². The lowest BCUT2D eigenvalue weighted by atomic mass is 10.3. The summed E-state index contributed by atoms with van der Waals surface area (Å²) < 4.78 is 10.8. The molecule has 0 atom stereocenters. The number of ether oxygens (including phenoxy) is 2. The van der Waals surface area contributed by atoms with E-state index < -0.39 is 4.92 Å². The van der Waals surface area contributed by atoms with Gasteiger partial charge in [-0.3, -0.25) is 10.1 Å². The molecule has 9 nitrogen and oxygen atoms in total. The number of hydrogen-bond donors (Lipinski definition) is 1. The molecular formula is C16H17N3O6. The zero-order valence-corrected chi connectivity index (χ0v) is 13.7. The van der Waals surface area contributed by atoms with Crippen LogP contribution >= 0.6 is 0 Å². The summed E-state index contributed by atoms with van der Waals surface area (Å²) in [7, 11) is 1.46. The van der Waals surface area contributed by atoms with Gasteiger partial charge in [0.2, 0.25) is 5.88 Å². The molecule has 0 aliphatic rings. The number of anilines is 1. The second-order valence-corrected chi connectivity index (χ2v) is 4.91. The Balaban J connectivity index is 2.08. The lowest BCUT2D eigenvalue weighted by Gasteiger charge is -2.12. The van der Waals surface area contributed by atoms with E-state index in [1.54, 1.807) is 18.2 Å². The Hall–Kier alpha value is -3.36. The normalized spacial score (nSPS) is 10.0. The van der Waals surface area contributed by atoms with E-state index in [4.69, 9.17) is 14.3 Å². The molecule has 2 aromatic rings. The predicted molar refractivity (Wildman–Crippen MR) is 88.6 cm³/mol. The van der Waals surface area contributed by atoms with Crippen molar-refractivity contribution in [2.24, 2.45) is 0 Å². The summed E-state index contributed by atoms with van der Waals surface area (Å²) in [5.41, 5.74) is 2.91. The molecule has 1 N–H and O–H groups in total. The summed E-state index contributed by atoms with van der Waals surface area (Å²) in [5.74, 6) is 0.543. The number of carbonyl (C=O) groups excluding carboxylic acids is 1. The highest BCUT2D eigenvalue weighted by atomic mass is 16.7. The number of methoxy groups -OCH3 is 1. The highest BCUT2D eigenvalue weighted by Crippen LogP contribution is 2.33. The fourth-order valence-corrected chi connectivity index (χ4v) is 1.84. The molecule has 0 aliphatic carbocycles. The number of nitrogens with zero attached hydrogens (tertiary/aromatic N) is 2. The van der Waals surface area contributed by atoms with Crippen LogP contribution in [0.15, 0.2) is 36.5 Å². The van der Waals surface area contributed by atoms with E-state index >= 15 is 0 Å². The molecule has 0 saturated heterocycles. The van der Waals surface area contributed by atoms with E-state index in [0.717, 1.165) is 6.20 Å². The molecule has 25 heavy (non-hydrogen) atoms. The number of rotatable bonds is 8. The summed E-state index contributed by atoms with van der Waals surface area (Å²) in [6, 6.07) is 7.48. The van der Waals surface area contributed by atoms with Crippen LogP contribution in [0.25, 0.3) is 0 Å². The zero-order valence-electron chi connectivity index (χ0n) is 13.7. The van der Waals surface area contributed by atoms with E-state index in [0.29, 0.717) is 30.0 Å². The fraction of sp³-hybridized carbons (Fsp3) is 0.250. The average Bonchev–Trinajstić information content (AvgIpc) is 2.61. The minimum Gasteiger partial charge on any atom is -0.493 e. The van der Waals surface area contributed by atoms with Crippen molar-refractivity contribution < 1.29 is 24.0 Å². The van der Waals surface area contributed by atoms with Crippen molar-refractivity contribution in [1.82, 2.24) is 4.98 Å². The molecule has 1 heterocycles. The van der Waals surface area contributed by atoms with Gasteiger partial charge in [0.1, 0.15) is 6.20 Å². The van der Waals surface area contributed by atoms with E-state index in [2.05, 4.69) is 10.5 Å². The van der Waals surface area contributed by atoms with Crippen molar-refractivity contribution in [2.45, 2.75) is 19.8 Å². The van der Waals surface area contributed by atoms with Gasteiger partial charge in [-0.25, -0.2) is 15.3 Å². The molecule has 0 saturated carbocycles. The Morgan fingerprint density at radius 1 is 1.28 bits per heavy atom. The molecule has 0 fully saturated rings. The van der Waals surface area contributed by atoms with Crippen LogP contribution in [0.3, 0.4) is 0 Å². The molecule has 132 valence electrons. The van der Waals surface area contributed by atoms with Crippen molar-refractivity contribution in [2.75, 3.05) is 12.6 Å². The highest BCUT2D eigenvalue weighted by molar-refractivity contribution is 5.70. The SMILES string of the molecule is CCCC(=O)ONc1ccc(Oc2ccc([N+](=O)[O-])cn2)c(OC)c1. The van der Waals surface area contributed by atoms with Gasteiger partial charge in [-0.15, -0.1) is 0 Å². The molecule has 2 rings (SSSR count). The fourth-order valence-electron chi connectivity index (χ4n) is 1.84. The minimum atomic E-state index is -0.544. The Labute approximate surface area is 143 Å². The van der Waals surface area contributed by atoms with Gasteiger partial charge in [0, 0.05) is 24.6 Å². The predicted octanol–water partition coefficient (Wildman–Crippen LogP) is 3.46. The van der Waals surface area contributed by atoms with Gasteiger partial charge in [-0.05, 0) is 18.6 Å². The molecule has 0 amide bonds.